The van der Waals surface area contributed by atoms with Crippen molar-refractivity contribution < 1.29 is 14.3 Å². The molecule has 0 saturated heterocycles. The van der Waals surface area contributed by atoms with Crippen LogP contribution in [0.5, 0.6) is 0 Å². The number of hydrogen-bond acceptors (Lipinski definition) is 3. The van der Waals surface area contributed by atoms with Gasteiger partial charge in [-0.2, -0.15) is 0 Å². The van der Waals surface area contributed by atoms with Crippen molar-refractivity contribution in [3.05, 3.63) is 12.7 Å². The summed E-state index contributed by atoms with van der Waals surface area (Å²) < 4.78 is 4.61. The molecule has 0 fully saturated rings. The molecule has 0 radical (unpaired) electrons. The Labute approximate surface area is 59.7 Å². The van der Waals surface area contributed by atoms with E-state index in [1.54, 1.807) is 0 Å². The second kappa shape index (κ2) is 3.15. The maximum absolute atomic E-state index is 10.5. The van der Waals surface area contributed by atoms with Crippen LogP contribution < -0.4 is 0 Å². The maximum atomic E-state index is 10.5. The predicted octanol–water partition coefficient (Wildman–Crippen LogP) is 0.693. The molecule has 0 aromatic carbocycles. The Kier molecular flexibility index (Phi) is 2.80. The molecule has 0 saturated carbocycles. The van der Waals surface area contributed by atoms with Crippen LogP contribution in [-0.4, -0.2) is 17.9 Å². The van der Waals surface area contributed by atoms with Gasteiger partial charge in [-0.05, 0) is 13.8 Å². The molecular formula is C7H10O3. The number of aldehydes is 1. The van der Waals surface area contributed by atoms with Gasteiger partial charge in [-0.25, -0.2) is 4.79 Å². The summed E-state index contributed by atoms with van der Waals surface area (Å²) in [4.78, 5) is 20.7. The lowest BCUT2D eigenvalue weighted by Gasteiger charge is -2.15. The Bertz CT molecular complexity index is 158. The predicted molar refractivity (Wildman–Crippen MR) is 36.4 cm³/mol. The maximum Gasteiger partial charge on any atom is 0.331 e. The molecule has 0 aromatic heterocycles. The van der Waals surface area contributed by atoms with E-state index in [2.05, 4.69) is 11.3 Å². The Morgan fingerprint density at radius 2 is 2.10 bits per heavy atom. The third-order valence-electron chi connectivity index (χ3n) is 0.814. The third kappa shape index (κ3) is 3.02. The fourth-order valence-corrected chi connectivity index (χ4v) is 0.325. The molecule has 0 aliphatic carbocycles. The highest BCUT2D eigenvalue weighted by molar-refractivity contribution is 5.83. The highest BCUT2D eigenvalue weighted by atomic mass is 16.6. The van der Waals surface area contributed by atoms with Crippen molar-refractivity contribution in [1.29, 1.82) is 0 Å². The highest BCUT2D eigenvalue weighted by Gasteiger charge is 2.19. The fourth-order valence-electron chi connectivity index (χ4n) is 0.325. The Balaban J connectivity index is 4.00. The van der Waals surface area contributed by atoms with Gasteiger partial charge in [0.05, 0.1) is 0 Å². The third-order valence-corrected chi connectivity index (χ3v) is 0.814. The van der Waals surface area contributed by atoms with E-state index in [0.29, 0.717) is 6.29 Å². The molecule has 56 valence electrons. The number of esters is 1. The molecule has 0 aromatic rings. The smallest absolute Gasteiger partial charge is 0.331 e. The standard InChI is InChI=1S/C7H10O3/c1-4-6(9)10-7(2,3)5-8/h4-5H,1H2,2-3H3. The summed E-state index contributed by atoms with van der Waals surface area (Å²) >= 11 is 0. The summed E-state index contributed by atoms with van der Waals surface area (Å²) in [7, 11) is 0. The zero-order valence-electron chi connectivity index (χ0n) is 6.09. The molecule has 0 spiro atoms. The lowest BCUT2D eigenvalue weighted by Crippen LogP contribution is -2.28. The van der Waals surface area contributed by atoms with E-state index in [0.717, 1.165) is 6.08 Å². The van der Waals surface area contributed by atoms with Gasteiger partial charge in [0, 0.05) is 6.08 Å². The van der Waals surface area contributed by atoms with Crippen molar-refractivity contribution in [3.63, 3.8) is 0 Å². The van der Waals surface area contributed by atoms with Gasteiger partial charge in [-0.1, -0.05) is 6.58 Å². The van der Waals surface area contributed by atoms with Crippen molar-refractivity contribution in [2.24, 2.45) is 0 Å². The molecule has 0 aliphatic heterocycles. The summed E-state index contributed by atoms with van der Waals surface area (Å²) in [5, 5.41) is 0. The molecule has 0 aliphatic rings. The first-order valence-electron chi connectivity index (χ1n) is 2.83. The van der Waals surface area contributed by atoms with Gasteiger partial charge in [0.25, 0.3) is 0 Å². The normalized spacial score (nSPS) is 10.2. The van der Waals surface area contributed by atoms with Crippen molar-refractivity contribution >= 4 is 12.3 Å². The van der Waals surface area contributed by atoms with Gasteiger partial charge in [0.2, 0.25) is 0 Å². The summed E-state index contributed by atoms with van der Waals surface area (Å²) in [6, 6.07) is 0. The van der Waals surface area contributed by atoms with E-state index >= 15 is 0 Å². The van der Waals surface area contributed by atoms with E-state index in [-0.39, 0.29) is 0 Å². The van der Waals surface area contributed by atoms with Gasteiger partial charge in [0.1, 0.15) is 0 Å². The minimum Gasteiger partial charge on any atom is -0.449 e. The van der Waals surface area contributed by atoms with E-state index in [1.807, 2.05) is 0 Å². The van der Waals surface area contributed by atoms with Crippen molar-refractivity contribution in [2.75, 3.05) is 0 Å². The molecule has 3 nitrogen and oxygen atoms in total. The minimum absolute atomic E-state index is 0.564. The quantitative estimate of drug-likeness (QED) is 0.331. The zero-order valence-corrected chi connectivity index (χ0v) is 6.09. The van der Waals surface area contributed by atoms with Crippen LogP contribution in [0.2, 0.25) is 0 Å². The van der Waals surface area contributed by atoms with Crippen LogP contribution in [0.25, 0.3) is 0 Å². The lowest BCUT2D eigenvalue weighted by atomic mass is 10.2. The summed E-state index contributed by atoms with van der Waals surface area (Å²) in [5.74, 6) is -0.586. The Hall–Kier alpha value is -1.12. The molecule has 0 atom stereocenters. The Morgan fingerprint density at radius 1 is 1.60 bits per heavy atom. The van der Waals surface area contributed by atoms with E-state index < -0.39 is 11.6 Å². The molecule has 0 bridgehead atoms. The monoisotopic (exact) mass is 142 g/mol. The van der Waals surface area contributed by atoms with E-state index in [4.69, 9.17) is 0 Å². The topological polar surface area (TPSA) is 43.4 Å². The molecular weight excluding hydrogens is 132 g/mol. The van der Waals surface area contributed by atoms with Gasteiger partial charge in [-0.15, -0.1) is 0 Å². The average Bonchev–Trinajstić information content (AvgIpc) is 1.87. The minimum atomic E-state index is -1.04. The van der Waals surface area contributed by atoms with Crippen LogP contribution in [0.1, 0.15) is 13.8 Å². The SMILES string of the molecule is C=CC(=O)OC(C)(C)C=O. The van der Waals surface area contributed by atoms with Crippen LogP contribution in [0.3, 0.4) is 0 Å². The van der Waals surface area contributed by atoms with E-state index in [1.165, 1.54) is 13.8 Å². The molecule has 0 amide bonds. The lowest BCUT2D eigenvalue weighted by molar-refractivity contribution is -0.154. The average molecular weight is 142 g/mol. The molecule has 0 rings (SSSR count). The number of ether oxygens (including phenoxy) is 1. The van der Waals surface area contributed by atoms with Crippen LogP contribution >= 0.6 is 0 Å². The van der Waals surface area contributed by atoms with Crippen molar-refractivity contribution in [3.8, 4) is 0 Å². The number of rotatable bonds is 3. The first-order chi connectivity index (χ1) is 4.52. The number of carbonyl (C=O) groups is 2. The van der Waals surface area contributed by atoms with Gasteiger partial charge in [0.15, 0.2) is 11.9 Å². The van der Waals surface area contributed by atoms with Crippen LogP contribution in [0, 0.1) is 0 Å². The zero-order chi connectivity index (χ0) is 8.20. The van der Waals surface area contributed by atoms with Gasteiger partial charge >= 0.3 is 5.97 Å². The first-order valence-corrected chi connectivity index (χ1v) is 2.83. The summed E-state index contributed by atoms with van der Waals surface area (Å²) in [6.07, 6.45) is 1.58. The molecule has 0 N–H and O–H groups in total. The number of carbonyl (C=O) groups excluding carboxylic acids is 2. The van der Waals surface area contributed by atoms with Crippen molar-refractivity contribution in [1.82, 2.24) is 0 Å². The fraction of sp³-hybridized carbons (Fsp3) is 0.429. The van der Waals surface area contributed by atoms with Crippen LogP contribution in [-0.2, 0) is 14.3 Å². The van der Waals surface area contributed by atoms with E-state index in [9.17, 15) is 9.59 Å². The second-order valence-electron chi connectivity index (χ2n) is 2.35. The molecule has 3 heteroatoms. The second-order valence-corrected chi connectivity index (χ2v) is 2.35. The van der Waals surface area contributed by atoms with Gasteiger partial charge in [-0.3, -0.25) is 4.79 Å². The highest BCUT2D eigenvalue weighted by Crippen LogP contribution is 2.04. The largest absolute Gasteiger partial charge is 0.449 e. The van der Waals surface area contributed by atoms with Crippen LogP contribution in [0.4, 0.5) is 0 Å². The van der Waals surface area contributed by atoms with Crippen LogP contribution in [0.15, 0.2) is 12.7 Å². The Morgan fingerprint density at radius 3 is 2.40 bits per heavy atom. The first kappa shape index (κ1) is 8.88. The molecule has 0 heterocycles. The summed E-state index contributed by atoms with van der Waals surface area (Å²) in [5.41, 5.74) is -1.04. The molecule has 10 heavy (non-hydrogen) atoms. The summed E-state index contributed by atoms with van der Waals surface area (Å²) in [6.45, 7) is 6.19. The molecule has 0 unspecified atom stereocenters. The van der Waals surface area contributed by atoms with Gasteiger partial charge < -0.3 is 4.74 Å². The van der Waals surface area contributed by atoms with Crippen molar-refractivity contribution in [2.45, 2.75) is 19.4 Å². The number of hydrogen-bond donors (Lipinski definition) is 0.